The van der Waals surface area contributed by atoms with Crippen LogP contribution in [0.2, 0.25) is 0 Å². The number of benzene rings is 2. The van der Waals surface area contributed by atoms with Crippen molar-refractivity contribution in [3.05, 3.63) is 64.7 Å². The van der Waals surface area contributed by atoms with E-state index in [0.29, 0.717) is 12.6 Å². The molecular weight excluding hydrogens is 397 g/mol. The molecule has 1 N–H and O–H groups in total. The molecule has 0 aliphatic carbocycles. The summed E-state index contributed by atoms with van der Waals surface area (Å²) in [7, 11) is -6.00. The van der Waals surface area contributed by atoms with Gasteiger partial charge < -0.3 is 22.0 Å². The molecule has 2 heterocycles. The number of hydrogen-bond donors (Lipinski definition) is 1. The van der Waals surface area contributed by atoms with Crippen LogP contribution in [0.4, 0.5) is 23.0 Å². The van der Waals surface area contributed by atoms with Gasteiger partial charge in [0.1, 0.15) is 12.6 Å². The minimum absolute atomic E-state index is 0.370. The van der Waals surface area contributed by atoms with E-state index in [1.54, 1.807) is 0 Å². The minimum Gasteiger partial charge on any atom is -0.418 e. The number of hydrazine groups is 1. The molecule has 0 amide bonds. The normalized spacial score (nSPS) is 18.5. The van der Waals surface area contributed by atoms with Crippen molar-refractivity contribution < 1.29 is 26.6 Å². The molecule has 1 atom stereocenters. The number of aryl methyl sites for hydroxylation is 3. The quantitative estimate of drug-likeness (QED) is 0.455. The van der Waals surface area contributed by atoms with E-state index in [9.17, 15) is 17.3 Å². The maximum absolute atomic E-state index is 9.75. The standard InChI is InChI=1S/C21H25N3O.BF4/c1-15-9-16(2)21(17(3)10-15)24-14-23-19(12-25-13-20(23)22-24)11-18-7-5-4-6-8-18;2-1(3,4)5/h4-10,19H,11-14H2,1-3H3;/q;-1/p+1/t19-;/m0./s1. The van der Waals surface area contributed by atoms with E-state index in [1.165, 1.54) is 33.8 Å². The zero-order chi connectivity index (χ0) is 21.9. The highest BCUT2D eigenvalue weighted by Crippen LogP contribution is 2.27. The fourth-order valence-corrected chi connectivity index (χ4v) is 4.11. The van der Waals surface area contributed by atoms with Crippen LogP contribution in [0.25, 0.3) is 0 Å². The maximum atomic E-state index is 9.75. The molecule has 0 bridgehead atoms. The van der Waals surface area contributed by atoms with Crippen LogP contribution in [0.1, 0.15) is 22.3 Å². The number of amidine groups is 1. The summed E-state index contributed by atoms with van der Waals surface area (Å²) in [6.07, 6.45) is 1.01. The first-order valence-electron chi connectivity index (χ1n) is 9.85. The summed E-state index contributed by atoms with van der Waals surface area (Å²) in [6.45, 7) is 8.84. The lowest BCUT2D eigenvalue weighted by Gasteiger charge is -2.22. The van der Waals surface area contributed by atoms with Gasteiger partial charge in [-0.2, -0.15) is 10.4 Å². The Morgan fingerprint density at radius 2 is 1.67 bits per heavy atom. The molecule has 2 aromatic carbocycles. The number of hydrogen-bond acceptors (Lipinski definition) is 3. The Bertz CT molecular complexity index is 889. The van der Waals surface area contributed by atoms with E-state index >= 15 is 0 Å². The summed E-state index contributed by atoms with van der Waals surface area (Å²) in [5.41, 5.74) is 10.2. The van der Waals surface area contributed by atoms with Gasteiger partial charge in [-0.15, -0.1) is 0 Å². The monoisotopic (exact) mass is 423 g/mol. The molecule has 2 aliphatic heterocycles. The van der Waals surface area contributed by atoms with Gasteiger partial charge >= 0.3 is 7.25 Å². The molecule has 2 aliphatic rings. The molecule has 0 radical (unpaired) electrons. The van der Waals surface area contributed by atoms with Crippen molar-refractivity contribution in [1.82, 2.24) is 5.43 Å². The molecule has 0 fully saturated rings. The summed E-state index contributed by atoms with van der Waals surface area (Å²) in [5.74, 6) is 1.17. The van der Waals surface area contributed by atoms with Crippen LogP contribution < -0.4 is 10.4 Å². The smallest absolute Gasteiger partial charge is 0.418 e. The van der Waals surface area contributed by atoms with Crippen molar-refractivity contribution in [2.75, 3.05) is 24.9 Å². The van der Waals surface area contributed by atoms with Crippen LogP contribution >= 0.6 is 0 Å². The highest BCUT2D eigenvalue weighted by Gasteiger charge is 2.38. The van der Waals surface area contributed by atoms with Crippen LogP contribution in [-0.2, 0) is 11.2 Å². The lowest BCUT2D eigenvalue weighted by Crippen LogP contribution is -2.43. The van der Waals surface area contributed by atoms with Gasteiger partial charge in [-0.3, -0.25) is 0 Å². The molecule has 4 rings (SSSR count). The SMILES string of the molecule is Cc1cc(C)c(N2C[N+]3=C(COC[C@@H]3Cc3ccccc3)N2)c(C)c1.F[B-](F)(F)F. The van der Waals surface area contributed by atoms with Crippen molar-refractivity contribution in [1.29, 1.82) is 0 Å². The summed E-state index contributed by atoms with van der Waals surface area (Å²) in [4.78, 5) is 0. The van der Waals surface area contributed by atoms with E-state index < -0.39 is 7.25 Å². The van der Waals surface area contributed by atoms with Gasteiger partial charge in [0.25, 0.3) is 5.84 Å². The molecule has 0 saturated carbocycles. The number of nitrogens with zero attached hydrogens (tertiary/aromatic N) is 2. The number of anilines is 1. The maximum Gasteiger partial charge on any atom is 0.673 e. The average Bonchev–Trinajstić information content (AvgIpc) is 3.05. The second kappa shape index (κ2) is 9.08. The Morgan fingerprint density at radius 3 is 2.27 bits per heavy atom. The number of halogens is 4. The van der Waals surface area contributed by atoms with Crippen molar-refractivity contribution >= 4 is 18.8 Å². The second-order valence-corrected chi connectivity index (χ2v) is 7.70. The number of rotatable bonds is 3. The molecule has 0 saturated heterocycles. The highest BCUT2D eigenvalue weighted by atomic mass is 19.5. The van der Waals surface area contributed by atoms with Crippen LogP contribution in [-0.4, -0.2) is 43.6 Å². The van der Waals surface area contributed by atoms with Crippen molar-refractivity contribution in [3.8, 4) is 0 Å². The molecular formula is C21H26BF4N3O. The van der Waals surface area contributed by atoms with E-state index in [4.69, 9.17) is 4.74 Å². The van der Waals surface area contributed by atoms with E-state index in [0.717, 1.165) is 19.7 Å². The number of ether oxygens (including phenoxy) is 1. The largest absolute Gasteiger partial charge is 0.673 e. The molecule has 0 aromatic heterocycles. The topological polar surface area (TPSA) is 27.5 Å². The Kier molecular flexibility index (Phi) is 6.70. The van der Waals surface area contributed by atoms with Gasteiger partial charge in [0.15, 0.2) is 6.67 Å². The van der Waals surface area contributed by atoms with Gasteiger partial charge in [0.05, 0.1) is 12.3 Å². The fourth-order valence-electron chi connectivity index (χ4n) is 4.11. The van der Waals surface area contributed by atoms with Crippen molar-refractivity contribution in [3.63, 3.8) is 0 Å². The van der Waals surface area contributed by atoms with Gasteiger partial charge in [-0.1, -0.05) is 48.0 Å². The van der Waals surface area contributed by atoms with Gasteiger partial charge in [-0.25, -0.2) is 4.58 Å². The highest BCUT2D eigenvalue weighted by molar-refractivity contribution is 6.50. The van der Waals surface area contributed by atoms with Crippen molar-refractivity contribution in [2.45, 2.75) is 33.2 Å². The van der Waals surface area contributed by atoms with Crippen LogP contribution in [0, 0.1) is 20.8 Å². The Hall–Kier alpha value is -2.55. The molecule has 0 unspecified atom stereocenters. The third-order valence-electron chi connectivity index (χ3n) is 5.11. The third kappa shape index (κ3) is 5.75. The first-order valence-corrected chi connectivity index (χ1v) is 9.85. The predicted octanol–water partition coefficient (Wildman–Crippen LogP) is 4.25. The molecule has 30 heavy (non-hydrogen) atoms. The zero-order valence-electron chi connectivity index (χ0n) is 17.3. The molecule has 162 valence electrons. The van der Waals surface area contributed by atoms with E-state index in [1.807, 2.05) is 0 Å². The van der Waals surface area contributed by atoms with Crippen molar-refractivity contribution in [2.24, 2.45) is 0 Å². The van der Waals surface area contributed by atoms with Gasteiger partial charge in [0.2, 0.25) is 0 Å². The lowest BCUT2D eigenvalue weighted by atomic mass is 10.0. The third-order valence-corrected chi connectivity index (χ3v) is 5.11. The summed E-state index contributed by atoms with van der Waals surface area (Å²) < 4.78 is 47.3. The molecule has 4 nitrogen and oxygen atoms in total. The van der Waals surface area contributed by atoms with E-state index in [2.05, 4.69) is 78.2 Å². The van der Waals surface area contributed by atoms with Crippen LogP contribution in [0.5, 0.6) is 0 Å². The number of nitrogens with one attached hydrogen (secondary N) is 1. The first-order chi connectivity index (χ1) is 14.1. The van der Waals surface area contributed by atoms with Crippen LogP contribution in [0.15, 0.2) is 42.5 Å². The second-order valence-electron chi connectivity index (χ2n) is 7.70. The van der Waals surface area contributed by atoms with Crippen LogP contribution in [0.3, 0.4) is 0 Å². The van der Waals surface area contributed by atoms with E-state index in [-0.39, 0.29) is 0 Å². The summed E-state index contributed by atoms with van der Waals surface area (Å²) in [6, 6.07) is 15.6. The summed E-state index contributed by atoms with van der Waals surface area (Å²) in [5, 5.41) is 2.27. The average molecular weight is 423 g/mol. The summed E-state index contributed by atoms with van der Waals surface area (Å²) >= 11 is 0. The van der Waals surface area contributed by atoms with Gasteiger partial charge in [-0.05, 0) is 37.5 Å². The Balaban J connectivity index is 0.000000461. The zero-order valence-corrected chi connectivity index (χ0v) is 17.3. The molecule has 9 heteroatoms. The lowest BCUT2D eigenvalue weighted by molar-refractivity contribution is -0.569. The fraction of sp³-hybridized carbons (Fsp3) is 0.381. The Morgan fingerprint density at radius 1 is 1.07 bits per heavy atom. The molecule has 2 aromatic rings. The molecule has 0 spiro atoms. The van der Waals surface area contributed by atoms with Gasteiger partial charge in [0, 0.05) is 6.42 Å². The first kappa shape index (κ1) is 22.1. The predicted molar refractivity (Wildman–Crippen MR) is 111 cm³/mol. The minimum atomic E-state index is -6.00. The Labute approximate surface area is 174 Å².